The van der Waals surface area contributed by atoms with Crippen molar-refractivity contribution in [3.8, 4) is 0 Å². The van der Waals surface area contributed by atoms with Gasteiger partial charge in [-0.05, 0) is 31.2 Å². The minimum Gasteiger partial charge on any atom is -0.462 e. The Morgan fingerprint density at radius 3 is 2.78 bits per heavy atom. The summed E-state index contributed by atoms with van der Waals surface area (Å²) in [5, 5.41) is 3.22. The molecule has 2 aromatic rings. The lowest BCUT2D eigenvalue weighted by atomic mass is 10.2. The molecule has 0 aliphatic heterocycles. The normalized spacial score (nSPS) is 10.1. The number of anilines is 1. The maximum absolute atomic E-state index is 11.4. The molecule has 0 aliphatic rings. The van der Waals surface area contributed by atoms with Gasteiger partial charge in [0.1, 0.15) is 0 Å². The van der Waals surface area contributed by atoms with E-state index in [-0.39, 0.29) is 5.97 Å². The Bertz CT molecular complexity index is 491. The number of carbonyl (C=O) groups excluding carboxylic acids is 1. The number of carbonyl (C=O) groups is 1. The number of ether oxygens (including phenoxy) is 1. The SMILES string of the molecule is CCOC(=O)c1ccc(NCc2cnc[nH]2)cc1. The summed E-state index contributed by atoms with van der Waals surface area (Å²) in [4.78, 5) is 18.4. The monoisotopic (exact) mass is 245 g/mol. The van der Waals surface area contributed by atoms with Gasteiger partial charge >= 0.3 is 5.97 Å². The molecule has 0 atom stereocenters. The molecule has 0 spiro atoms. The smallest absolute Gasteiger partial charge is 0.338 e. The molecule has 1 heterocycles. The summed E-state index contributed by atoms with van der Waals surface area (Å²) in [6.07, 6.45) is 3.40. The van der Waals surface area contributed by atoms with Crippen LogP contribution in [0.25, 0.3) is 0 Å². The standard InChI is InChI=1S/C13H15N3O2/c1-2-18-13(17)10-3-5-11(6-4-10)15-8-12-7-14-9-16-12/h3-7,9,15H,2,8H2,1H3,(H,14,16). The van der Waals surface area contributed by atoms with Crippen molar-refractivity contribution >= 4 is 11.7 Å². The fraction of sp³-hybridized carbons (Fsp3) is 0.231. The lowest BCUT2D eigenvalue weighted by Crippen LogP contribution is -2.05. The minimum atomic E-state index is -0.294. The van der Waals surface area contributed by atoms with Gasteiger partial charge in [-0.3, -0.25) is 0 Å². The van der Waals surface area contributed by atoms with Crippen molar-refractivity contribution < 1.29 is 9.53 Å². The summed E-state index contributed by atoms with van der Waals surface area (Å²) in [6.45, 7) is 2.84. The van der Waals surface area contributed by atoms with Gasteiger partial charge in [0.15, 0.2) is 0 Å². The van der Waals surface area contributed by atoms with E-state index in [0.29, 0.717) is 18.7 Å². The molecule has 0 bridgehead atoms. The van der Waals surface area contributed by atoms with Gasteiger partial charge < -0.3 is 15.0 Å². The molecule has 2 rings (SSSR count). The van der Waals surface area contributed by atoms with Crippen LogP contribution in [0.15, 0.2) is 36.8 Å². The molecule has 5 nitrogen and oxygen atoms in total. The van der Waals surface area contributed by atoms with Crippen LogP contribution in [0, 0.1) is 0 Å². The highest BCUT2D eigenvalue weighted by molar-refractivity contribution is 5.89. The van der Waals surface area contributed by atoms with Crippen molar-refractivity contribution in [2.75, 3.05) is 11.9 Å². The van der Waals surface area contributed by atoms with Crippen molar-refractivity contribution in [2.45, 2.75) is 13.5 Å². The van der Waals surface area contributed by atoms with Crippen LogP contribution in [-0.2, 0) is 11.3 Å². The third-order valence-corrected chi connectivity index (χ3v) is 2.43. The van der Waals surface area contributed by atoms with Crippen LogP contribution < -0.4 is 5.32 Å². The van der Waals surface area contributed by atoms with Crippen LogP contribution in [-0.4, -0.2) is 22.5 Å². The highest BCUT2D eigenvalue weighted by atomic mass is 16.5. The molecular formula is C13H15N3O2. The van der Waals surface area contributed by atoms with Crippen LogP contribution in [0.3, 0.4) is 0 Å². The van der Waals surface area contributed by atoms with E-state index in [1.807, 2.05) is 12.1 Å². The van der Waals surface area contributed by atoms with E-state index >= 15 is 0 Å². The second-order valence-electron chi connectivity index (χ2n) is 3.73. The molecule has 1 aromatic heterocycles. The number of imidazole rings is 1. The Hall–Kier alpha value is -2.30. The molecule has 5 heteroatoms. The average molecular weight is 245 g/mol. The van der Waals surface area contributed by atoms with Gasteiger partial charge in [-0.2, -0.15) is 0 Å². The van der Waals surface area contributed by atoms with E-state index in [4.69, 9.17) is 4.74 Å². The van der Waals surface area contributed by atoms with E-state index in [1.54, 1.807) is 31.6 Å². The van der Waals surface area contributed by atoms with Crippen LogP contribution >= 0.6 is 0 Å². The summed E-state index contributed by atoms with van der Waals surface area (Å²) < 4.78 is 4.91. The Labute approximate surface area is 105 Å². The molecule has 0 radical (unpaired) electrons. The van der Waals surface area contributed by atoms with Crippen LogP contribution in [0.5, 0.6) is 0 Å². The first-order valence-electron chi connectivity index (χ1n) is 5.78. The highest BCUT2D eigenvalue weighted by Gasteiger charge is 2.05. The summed E-state index contributed by atoms with van der Waals surface area (Å²) in [6, 6.07) is 7.19. The molecule has 0 amide bonds. The summed E-state index contributed by atoms with van der Waals surface area (Å²) in [7, 11) is 0. The molecule has 0 saturated carbocycles. The number of rotatable bonds is 5. The number of esters is 1. The fourth-order valence-corrected chi connectivity index (χ4v) is 1.52. The number of aromatic nitrogens is 2. The number of nitrogens with one attached hydrogen (secondary N) is 2. The number of nitrogens with zero attached hydrogens (tertiary/aromatic N) is 1. The fourth-order valence-electron chi connectivity index (χ4n) is 1.52. The van der Waals surface area contributed by atoms with Gasteiger partial charge in [-0.25, -0.2) is 9.78 Å². The molecule has 0 saturated heterocycles. The Morgan fingerprint density at radius 2 is 2.17 bits per heavy atom. The summed E-state index contributed by atoms with van der Waals surface area (Å²) in [5.74, 6) is -0.294. The Morgan fingerprint density at radius 1 is 1.39 bits per heavy atom. The topological polar surface area (TPSA) is 67.0 Å². The molecule has 94 valence electrons. The predicted octanol–water partition coefficient (Wildman–Crippen LogP) is 2.20. The largest absolute Gasteiger partial charge is 0.462 e. The maximum Gasteiger partial charge on any atom is 0.338 e. The van der Waals surface area contributed by atoms with Crippen LogP contribution in [0.1, 0.15) is 23.0 Å². The van der Waals surface area contributed by atoms with Crippen LogP contribution in [0.4, 0.5) is 5.69 Å². The number of aromatic amines is 1. The Kier molecular flexibility index (Phi) is 3.96. The predicted molar refractivity (Wildman–Crippen MR) is 68.3 cm³/mol. The van der Waals surface area contributed by atoms with Gasteiger partial charge in [0.25, 0.3) is 0 Å². The third-order valence-electron chi connectivity index (χ3n) is 2.43. The first-order chi connectivity index (χ1) is 8.79. The first kappa shape index (κ1) is 12.2. The number of benzene rings is 1. The lowest BCUT2D eigenvalue weighted by Gasteiger charge is -2.06. The minimum absolute atomic E-state index is 0.294. The van der Waals surface area contributed by atoms with E-state index in [9.17, 15) is 4.79 Å². The molecule has 0 aliphatic carbocycles. The second-order valence-corrected chi connectivity index (χ2v) is 3.73. The first-order valence-corrected chi connectivity index (χ1v) is 5.78. The summed E-state index contributed by atoms with van der Waals surface area (Å²) in [5.41, 5.74) is 2.51. The molecule has 0 fully saturated rings. The quantitative estimate of drug-likeness (QED) is 0.792. The van der Waals surface area contributed by atoms with Crippen molar-refractivity contribution in [2.24, 2.45) is 0 Å². The third kappa shape index (κ3) is 3.10. The average Bonchev–Trinajstić information content (AvgIpc) is 2.90. The van der Waals surface area contributed by atoms with E-state index < -0.39 is 0 Å². The Balaban J connectivity index is 1.93. The number of hydrogen-bond acceptors (Lipinski definition) is 4. The van der Waals surface area contributed by atoms with E-state index in [1.165, 1.54) is 0 Å². The zero-order valence-corrected chi connectivity index (χ0v) is 10.1. The van der Waals surface area contributed by atoms with Gasteiger partial charge in [0, 0.05) is 11.9 Å². The zero-order chi connectivity index (χ0) is 12.8. The van der Waals surface area contributed by atoms with Gasteiger partial charge in [0.05, 0.1) is 30.7 Å². The number of H-pyrrole nitrogens is 1. The molecular weight excluding hydrogens is 230 g/mol. The van der Waals surface area contributed by atoms with Crippen molar-refractivity contribution in [1.29, 1.82) is 0 Å². The van der Waals surface area contributed by atoms with Crippen LogP contribution in [0.2, 0.25) is 0 Å². The molecule has 2 N–H and O–H groups in total. The maximum atomic E-state index is 11.4. The second kappa shape index (κ2) is 5.86. The van der Waals surface area contributed by atoms with Gasteiger partial charge in [-0.15, -0.1) is 0 Å². The molecule has 1 aromatic carbocycles. The van der Waals surface area contributed by atoms with Crippen molar-refractivity contribution in [1.82, 2.24) is 9.97 Å². The van der Waals surface area contributed by atoms with Gasteiger partial charge in [-0.1, -0.05) is 0 Å². The zero-order valence-electron chi connectivity index (χ0n) is 10.1. The van der Waals surface area contributed by atoms with Crippen molar-refractivity contribution in [3.63, 3.8) is 0 Å². The number of hydrogen-bond donors (Lipinski definition) is 2. The lowest BCUT2D eigenvalue weighted by molar-refractivity contribution is 0.0526. The van der Waals surface area contributed by atoms with Crippen molar-refractivity contribution in [3.05, 3.63) is 48.0 Å². The van der Waals surface area contributed by atoms with E-state index in [0.717, 1.165) is 11.4 Å². The molecule has 18 heavy (non-hydrogen) atoms. The highest BCUT2D eigenvalue weighted by Crippen LogP contribution is 2.11. The summed E-state index contributed by atoms with van der Waals surface area (Å²) >= 11 is 0. The van der Waals surface area contributed by atoms with E-state index in [2.05, 4.69) is 15.3 Å². The van der Waals surface area contributed by atoms with Gasteiger partial charge in [0.2, 0.25) is 0 Å². The molecule has 0 unspecified atom stereocenters.